The highest BCUT2D eigenvalue weighted by molar-refractivity contribution is 14.1. The lowest BCUT2D eigenvalue weighted by Gasteiger charge is -2.18. The van der Waals surface area contributed by atoms with Gasteiger partial charge in [-0.3, -0.25) is 19.0 Å². The lowest BCUT2D eigenvalue weighted by Crippen LogP contribution is -2.38. The average molecular weight is 656 g/mol. The zero-order valence-electron chi connectivity index (χ0n) is 19.3. The number of nitrogens with one attached hydrogen (secondary N) is 1. The Labute approximate surface area is 232 Å². The van der Waals surface area contributed by atoms with Crippen LogP contribution in [0.3, 0.4) is 0 Å². The van der Waals surface area contributed by atoms with Gasteiger partial charge in [-0.15, -0.1) is 0 Å². The quantitative estimate of drug-likeness (QED) is 0.179. The molecule has 190 valence electrons. The Morgan fingerprint density at radius 2 is 1.73 bits per heavy atom. The van der Waals surface area contributed by atoms with Crippen LogP contribution >= 0.6 is 45.8 Å². The smallest absolute Gasteiger partial charge is 0.335 e. The van der Waals surface area contributed by atoms with Crippen LogP contribution in [-0.4, -0.2) is 21.0 Å². The van der Waals surface area contributed by atoms with Gasteiger partial charge < -0.3 is 10.1 Å². The number of amides is 1. The first-order valence-corrected chi connectivity index (χ1v) is 12.6. The number of halogens is 4. The molecule has 0 fully saturated rings. The number of para-hydroxylation sites is 1. The van der Waals surface area contributed by atoms with Gasteiger partial charge in [0.25, 0.3) is 11.5 Å². The highest BCUT2D eigenvalue weighted by Gasteiger charge is 2.23. The molecule has 0 aliphatic rings. The fraction of sp³-hybridized carbons (Fsp3) is 0.120. The Kier molecular flexibility index (Phi) is 7.72. The summed E-state index contributed by atoms with van der Waals surface area (Å²) in [5, 5.41) is 2.85. The van der Waals surface area contributed by atoms with Gasteiger partial charge in [0, 0.05) is 17.0 Å². The maximum atomic E-state index is 14.2. The maximum absolute atomic E-state index is 14.2. The molecule has 1 amide bonds. The van der Waals surface area contributed by atoms with Crippen LogP contribution in [-0.2, 0) is 11.8 Å². The number of nitrogens with zero attached hydrogens (tertiary/aromatic N) is 2. The second-order valence-corrected chi connectivity index (χ2v) is 9.77. The van der Waals surface area contributed by atoms with Gasteiger partial charge in [0.2, 0.25) is 0 Å². The summed E-state index contributed by atoms with van der Waals surface area (Å²) in [6.07, 6.45) is -0.0276. The summed E-state index contributed by atoms with van der Waals surface area (Å²) >= 11 is 14.1. The first-order valence-electron chi connectivity index (χ1n) is 10.7. The van der Waals surface area contributed by atoms with Crippen molar-refractivity contribution in [1.82, 2.24) is 9.13 Å². The van der Waals surface area contributed by atoms with E-state index in [1.807, 2.05) is 0 Å². The first kappa shape index (κ1) is 26.8. The second kappa shape index (κ2) is 10.6. The van der Waals surface area contributed by atoms with Crippen LogP contribution in [0.5, 0.6) is 5.75 Å². The number of carbonyl (C=O) groups is 2. The van der Waals surface area contributed by atoms with E-state index >= 15 is 0 Å². The zero-order chi connectivity index (χ0) is 27.0. The van der Waals surface area contributed by atoms with Crippen LogP contribution in [0, 0.1) is 9.39 Å². The van der Waals surface area contributed by atoms with Gasteiger partial charge in [-0.25, -0.2) is 13.8 Å². The number of hydrogen-bond acceptors (Lipinski definition) is 5. The van der Waals surface area contributed by atoms with Crippen molar-refractivity contribution in [1.29, 1.82) is 0 Å². The van der Waals surface area contributed by atoms with Crippen molar-refractivity contribution in [3.05, 3.63) is 94.4 Å². The summed E-state index contributed by atoms with van der Waals surface area (Å²) in [4.78, 5) is 52.1. The van der Waals surface area contributed by atoms with Crippen molar-refractivity contribution in [2.45, 2.75) is 13.3 Å². The van der Waals surface area contributed by atoms with Crippen molar-refractivity contribution in [2.75, 3.05) is 5.32 Å². The number of esters is 1. The van der Waals surface area contributed by atoms with Crippen LogP contribution in [0.25, 0.3) is 16.6 Å². The number of ether oxygens (including phenoxy) is 1. The van der Waals surface area contributed by atoms with Crippen LogP contribution in [0.1, 0.15) is 23.7 Å². The molecule has 4 aromatic rings. The molecule has 1 N–H and O–H groups in total. The second-order valence-electron chi connectivity index (χ2n) is 7.80. The molecule has 0 aliphatic carbocycles. The number of rotatable bonds is 5. The lowest BCUT2D eigenvalue weighted by molar-refractivity contribution is -0.133. The van der Waals surface area contributed by atoms with E-state index in [1.54, 1.807) is 35.6 Å². The van der Waals surface area contributed by atoms with E-state index in [1.165, 1.54) is 43.4 Å². The average Bonchev–Trinajstić information content (AvgIpc) is 2.85. The molecule has 37 heavy (non-hydrogen) atoms. The predicted molar refractivity (Wildman–Crippen MR) is 148 cm³/mol. The van der Waals surface area contributed by atoms with Crippen molar-refractivity contribution >= 4 is 74.3 Å². The SMILES string of the molecule is CCC(=O)Oc1c(NC(=O)c2c(Cl)cccc2Cl)cccc1-n1c(=O)c2cc(I)c(F)cc2n(C)c1=O. The molecule has 8 nitrogen and oxygen atoms in total. The molecule has 4 rings (SSSR count). The van der Waals surface area contributed by atoms with Crippen molar-refractivity contribution < 1.29 is 18.7 Å². The van der Waals surface area contributed by atoms with Crippen molar-refractivity contribution in [3.8, 4) is 11.4 Å². The molecule has 0 saturated heterocycles. The number of hydrogen-bond donors (Lipinski definition) is 1. The van der Waals surface area contributed by atoms with E-state index in [2.05, 4.69) is 5.32 Å². The first-order chi connectivity index (χ1) is 17.5. The van der Waals surface area contributed by atoms with E-state index in [-0.39, 0.29) is 53.6 Å². The topological polar surface area (TPSA) is 99.4 Å². The van der Waals surface area contributed by atoms with E-state index in [4.69, 9.17) is 27.9 Å². The number of aryl methyl sites for hydroxylation is 1. The summed E-state index contributed by atoms with van der Waals surface area (Å²) in [6.45, 7) is 1.56. The van der Waals surface area contributed by atoms with Gasteiger partial charge in [-0.1, -0.05) is 42.3 Å². The van der Waals surface area contributed by atoms with Gasteiger partial charge in [0.1, 0.15) is 5.82 Å². The molecule has 1 heterocycles. The fourth-order valence-corrected chi connectivity index (χ4v) is 4.69. The molecular weight excluding hydrogens is 639 g/mol. The molecule has 0 spiro atoms. The normalized spacial score (nSPS) is 11.0. The Balaban J connectivity index is 1.97. The number of anilines is 1. The monoisotopic (exact) mass is 655 g/mol. The van der Waals surface area contributed by atoms with E-state index in [0.717, 1.165) is 15.2 Å². The minimum atomic E-state index is -0.815. The molecule has 0 bridgehead atoms. The molecule has 1 aromatic heterocycles. The third-order valence-electron chi connectivity index (χ3n) is 5.49. The Morgan fingerprint density at radius 1 is 1.08 bits per heavy atom. The molecule has 0 saturated carbocycles. The minimum absolute atomic E-state index is 0.0111. The Hall–Kier alpha value is -3.22. The van der Waals surface area contributed by atoms with Gasteiger partial charge in [0.05, 0.1) is 37.9 Å². The summed E-state index contributed by atoms with van der Waals surface area (Å²) in [6, 6.07) is 11.3. The summed E-state index contributed by atoms with van der Waals surface area (Å²) in [5.41, 5.74) is -1.61. The van der Waals surface area contributed by atoms with Gasteiger partial charge in [-0.2, -0.15) is 0 Å². The summed E-state index contributed by atoms with van der Waals surface area (Å²) in [7, 11) is 1.38. The largest absolute Gasteiger partial charge is 0.422 e. The Morgan fingerprint density at radius 3 is 2.38 bits per heavy atom. The van der Waals surface area contributed by atoms with Gasteiger partial charge in [0.15, 0.2) is 5.75 Å². The van der Waals surface area contributed by atoms with Crippen LogP contribution < -0.4 is 21.3 Å². The summed E-state index contributed by atoms with van der Waals surface area (Å²) < 4.78 is 21.8. The lowest BCUT2D eigenvalue weighted by atomic mass is 10.1. The van der Waals surface area contributed by atoms with Crippen LogP contribution in [0.15, 0.2) is 58.1 Å². The highest BCUT2D eigenvalue weighted by atomic mass is 127. The summed E-state index contributed by atoms with van der Waals surface area (Å²) in [5.74, 6) is -2.20. The predicted octanol–water partition coefficient (Wildman–Crippen LogP) is 5.31. The van der Waals surface area contributed by atoms with E-state index in [9.17, 15) is 23.6 Å². The zero-order valence-corrected chi connectivity index (χ0v) is 22.9. The molecule has 12 heteroatoms. The number of aromatic nitrogens is 2. The van der Waals surface area contributed by atoms with Crippen LogP contribution in [0.4, 0.5) is 10.1 Å². The third-order valence-corrected chi connectivity index (χ3v) is 6.95. The molecular formula is C25H17Cl2FIN3O5. The van der Waals surface area contributed by atoms with E-state index < -0.39 is 28.9 Å². The Bertz CT molecular complexity index is 1700. The van der Waals surface area contributed by atoms with E-state index in [0.29, 0.717) is 0 Å². The van der Waals surface area contributed by atoms with Gasteiger partial charge in [-0.05, 0) is 59.0 Å². The number of benzene rings is 3. The van der Waals surface area contributed by atoms with Crippen molar-refractivity contribution in [3.63, 3.8) is 0 Å². The highest BCUT2D eigenvalue weighted by Crippen LogP contribution is 2.33. The molecule has 3 aromatic carbocycles. The molecule has 0 aliphatic heterocycles. The minimum Gasteiger partial charge on any atom is -0.422 e. The van der Waals surface area contributed by atoms with Crippen LogP contribution in [0.2, 0.25) is 10.0 Å². The third kappa shape index (κ3) is 5.00. The maximum Gasteiger partial charge on any atom is 0.335 e. The standard InChI is InChI=1S/C25H17Cl2FIN3O5/c1-3-20(33)37-22-17(30-23(34)21-13(26)6-4-7-14(21)27)8-5-9-18(22)32-24(35)12-10-16(29)15(28)11-19(12)31(2)25(32)36/h4-11H,3H2,1-2H3,(H,30,34). The fourth-order valence-electron chi connectivity index (χ4n) is 3.65. The molecule has 0 atom stereocenters. The van der Waals surface area contributed by atoms with Crippen molar-refractivity contribution in [2.24, 2.45) is 7.05 Å². The number of fused-ring (bicyclic) bond motifs is 1. The molecule has 0 unspecified atom stereocenters. The number of carbonyl (C=O) groups excluding carboxylic acids is 2. The molecule has 0 radical (unpaired) electrons. The van der Waals surface area contributed by atoms with Gasteiger partial charge >= 0.3 is 11.7 Å².